The molecule has 4 heteroatoms. The van der Waals surface area contributed by atoms with Gasteiger partial charge in [-0.15, -0.1) is 0 Å². The molecule has 0 aliphatic rings. The molecule has 3 rings (SSSR count). The van der Waals surface area contributed by atoms with Gasteiger partial charge in [-0.05, 0) is 25.1 Å². The Kier molecular flexibility index (Phi) is 2.30. The van der Waals surface area contributed by atoms with E-state index in [4.69, 9.17) is 4.74 Å². The second-order valence-corrected chi connectivity index (χ2v) is 4.24. The quantitative estimate of drug-likeness (QED) is 0.525. The number of fused-ring (bicyclic) bond motifs is 3. The van der Waals surface area contributed by atoms with Gasteiger partial charge in [0, 0.05) is 30.0 Å². The summed E-state index contributed by atoms with van der Waals surface area (Å²) in [5.74, 6) is 0.232. The van der Waals surface area contributed by atoms with Crippen molar-refractivity contribution >= 4 is 27.8 Å². The first kappa shape index (κ1) is 10.8. The number of hydrogen-bond acceptors (Lipinski definition) is 3. The zero-order valence-corrected chi connectivity index (χ0v) is 10.2. The molecule has 0 bridgehead atoms. The first-order valence-electron chi connectivity index (χ1n) is 5.70. The van der Waals surface area contributed by atoms with Gasteiger partial charge in [0.1, 0.15) is 5.75 Å². The van der Waals surface area contributed by atoms with Gasteiger partial charge in [0.15, 0.2) is 0 Å². The van der Waals surface area contributed by atoms with Crippen LogP contribution in [0.2, 0.25) is 0 Å². The Hall–Kier alpha value is -2.36. The third-order valence-corrected chi connectivity index (χ3v) is 2.94. The highest BCUT2D eigenvalue weighted by Crippen LogP contribution is 2.29. The third-order valence-electron chi connectivity index (χ3n) is 2.94. The fourth-order valence-electron chi connectivity index (χ4n) is 2.17. The summed E-state index contributed by atoms with van der Waals surface area (Å²) >= 11 is 0. The SMILES string of the molecule is CC(=O)Oc1ccc2c(c1)[nH]c1c(C)nccc12. The normalized spacial score (nSPS) is 11.0. The number of rotatable bonds is 1. The maximum Gasteiger partial charge on any atom is 0.308 e. The Labute approximate surface area is 104 Å². The average molecular weight is 240 g/mol. The average Bonchev–Trinajstić information content (AvgIpc) is 2.67. The lowest BCUT2D eigenvalue weighted by Gasteiger charge is -2.00. The van der Waals surface area contributed by atoms with E-state index in [9.17, 15) is 4.79 Å². The molecule has 0 aliphatic heterocycles. The maximum atomic E-state index is 10.9. The Balaban J connectivity index is 2.26. The molecule has 0 fully saturated rings. The second kappa shape index (κ2) is 3.84. The standard InChI is InChI=1S/C14H12N2O2/c1-8-14-12(5-6-15-8)11-4-3-10(18-9(2)17)7-13(11)16-14/h3-7,16H,1-2H3. The van der Waals surface area contributed by atoms with E-state index in [-0.39, 0.29) is 5.97 Å². The molecule has 0 saturated carbocycles. The predicted octanol–water partition coefficient (Wildman–Crippen LogP) is 2.95. The van der Waals surface area contributed by atoms with E-state index < -0.39 is 0 Å². The van der Waals surface area contributed by atoms with Gasteiger partial charge in [-0.25, -0.2) is 0 Å². The Morgan fingerprint density at radius 2 is 2.11 bits per heavy atom. The fraction of sp³-hybridized carbons (Fsp3) is 0.143. The van der Waals surface area contributed by atoms with Crippen LogP contribution in [0.25, 0.3) is 21.8 Å². The number of pyridine rings is 1. The van der Waals surface area contributed by atoms with E-state index in [0.29, 0.717) is 5.75 Å². The van der Waals surface area contributed by atoms with Gasteiger partial charge < -0.3 is 9.72 Å². The summed E-state index contributed by atoms with van der Waals surface area (Å²) in [4.78, 5) is 18.5. The molecule has 18 heavy (non-hydrogen) atoms. The van der Waals surface area contributed by atoms with Crippen molar-refractivity contribution in [2.24, 2.45) is 0 Å². The summed E-state index contributed by atoms with van der Waals surface area (Å²) in [6.45, 7) is 3.36. The lowest BCUT2D eigenvalue weighted by Crippen LogP contribution is -2.00. The molecule has 1 aromatic carbocycles. The number of H-pyrrole nitrogens is 1. The lowest BCUT2D eigenvalue weighted by molar-refractivity contribution is -0.131. The zero-order chi connectivity index (χ0) is 12.7. The summed E-state index contributed by atoms with van der Waals surface area (Å²) in [6, 6.07) is 7.56. The van der Waals surface area contributed by atoms with Crippen LogP contribution >= 0.6 is 0 Å². The van der Waals surface area contributed by atoms with Crippen LogP contribution in [0.3, 0.4) is 0 Å². The molecular formula is C14H12N2O2. The summed E-state index contributed by atoms with van der Waals surface area (Å²) < 4.78 is 5.07. The monoisotopic (exact) mass is 240 g/mol. The first-order chi connectivity index (χ1) is 8.65. The van der Waals surface area contributed by atoms with Crippen LogP contribution in [0, 0.1) is 6.92 Å². The second-order valence-electron chi connectivity index (χ2n) is 4.24. The van der Waals surface area contributed by atoms with E-state index in [1.54, 1.807) is 12.3 Å². The van der Waals surface area contributed by atoms with Crippen molar-refractivity contribution < 1.29 is 9.53 Å². The van der Waals surface area contributed by atoms with Crippen LogP contribution < -0.4 is 4.74 Å². The molecule has 0 radical (unpaired) electrons. The molecule has 2 aromatic heterocycles. The van der Waals surface area contributed by atoms with Gasteiger partial charge >= 0.3 is 5.97 Å². The van der Waals surface area contributed by atoms with Gasteiger partial charge in [0.2, 0.25) is 0 Å². The Bertz CT molecular complexity index is 759. The van der Waals surface area contributed by atoms with Crippen LogP contribution in [-0.2, 0) is 4.79 Å². The molecule has 1 N–H and O–H groups in total. The number of hydrogen-bond donors (Lipinski definition) is 1. The van der Waals surface area contributed by atoms with Gasteiger partial charge in [0.05, 0.1) is 16.7 Å². The van der Waals surface area contributed by atoms with Crippen LogP contribution in [-0.4, -0.2) is 15.9 Å². The molecule has 0 spiro atoms. The minimum atomic E-state index is -0.316. The molecule has 90 valence electrons. The van der Waals surface area contributed by atoms with Gasteiger partial charge in [-0.1, -0.05) is 0 Å². The molecular weight excluding hydrogens is 228 g/mol. The highest BCUT2D eigenvalue weighted by Gasteiger charge is 2.08. The number of nitrogens with zero attached hydrogens (tertiary/aromatic N) is 1. The number of ether oxygens (including phenoxy) is 1. The van der Waals surface area contributed by atoms with Crippen LogP contribution in [0.1, 0.15) is 12.6 Å². The number of carbonyl (C=O) groups is 1. The number of nitrogens with one attached hydrogen (secondary N) is 1. The summed E-state index contributed by atoms with van der Waals surface area (Å²) in [7, 11) is 0. The van der Waals surface area contributed by atoms with E-state index in [0.717, 1.165) is 27.5 Å². The third kappa shape index (κ3) is 1.62. The van der Waals surface area contributed by atoms with Crippen molar-refractivity contribution in [1.82, 2.24) is 9.97 Å². The summed E-state index contributed by atoms with van der Waals surface area (Å²) in [6.07, 6.45) is 1.80. The number of aromatic nitrogens is 2. The molecule has 0 atom stereocenters. The molecule has 0 saturated heterocycles. The molecule has 0 unspecified atom stereocenters. The largest absolute Gasteiger partial charge is 0.427 e. The van der Waals surface area contributed by atoms with Crippen LogP contribution in [0.15, 0.2) is 30.5 Å². The van der Waals surface area contributed by atoms with E-state index in [2.05, 4.69) is 9.97 Å². The zero-order valence-electron chi connectivity index (χ0n) is 10.2. The van der Waals surface area contributed by atoms with Crippen LogP contribution in [0.5, 0.6) is 5.75 Å². The van der Waals surface area contributed by atoms with E-state index in [1.807, 2.05) is 25.1 Å². The van der Waals surface area contributed by atoms with E-state index >= 15 is 0 Å². The van der Waals surface area contributed by atoms with Crippen LogP contribution in [0.4, 0.5) is 0 Å². The summed E-state index contributed by atoms with van der Waals surface area (Å²) in [5.41, 5.74) is 2.92. The number of benzene rings is 1. The molecule has 2 heterocycles. The number of aromatic amines is 1. The smallest absolute Gasteiger partial charge is 0.308 e. The van der Waals surface area contributed by atoms with Gasteiger partial charge in [-0.2, -0.15) is 0 Å². The molecule has 0 aliphatic carbocycles. The highest BCUT2D eigenvalue weighted by molar-refractivity contribution is 6.08. The molecule has 4 nitrogen and oxygen atoms in total. The van der Waals surface area contributed by atoms with Gasteiger partial charge in [-0.3, -0.25) is 9.78 Å². The fourth-order valence-corrected chi connectivity index (χ4v) is 2.17. The molecule has 3 aromatic rings. The predicted molar refractivity (Wildman–Crippen MR) is 69.6 cm³/mol. The van der Waals surface area contributed by atoms with Crippen molar-refractivity contribution in [2.75, 3.05) is 0 Å². The number of esters is 1. The minimum Gasteiger partial charge on any atom is -0.427 e. The Morgan fingerprint density at radius 3 is 2.89 bits per heavy atom. The Morgan fingerprint density at radius 1 is 1.28 bits per heavy atom. The van der Waals surface area contributed by atoms with Crippen molar-refractivity contribution in [3.05, 3.63) is 36.2 Å². The topological polar surface area (TPSA) is 55.0 Å². The minimum absolute atomic E-state index is 0.316. The highest BCUT2D eigenvalue weighted by atomic mass is 16.5. The lowest BCUT2D eigenvalue weighted by atomic mass is 10.1. The van der Waals surface area contributed by atoms with Gasteiger partial charge in [0.25, 0.3) is 0 Å². The number of carbonyl (C=O) groups excluding carboxylic acids is 1. The first-order valence-corrected chi connectivity index (χ1v) is 5.70. The van der Waals surface area contributed by atoms with Crippen molar-refractivity contribution in [2.45, 2.75) is 13.8 Å². The van der Waals surface area contributed by atoms with E-state index in [1.165, 1.54) is 6.92 Å². The maximum absolute atomic E-state index is 10.9. The van der Waals surface area contributed by atoms with Crippen molar-refractivity contribution in [1.29, 1.82) is 0 Å². The van der Waals surface area contributed by atoms with Crippen molar-refractivity contribution in [3.8, 4) is 5.75 Å². The number of aryl methyl sites for hydroxylation is 1. The van der Waals surface area contributed by atoms with Crippen molar-refractivity contribution in [3.63, 3.8) is 0 Å². The molecule has 0 amide bonds. The summed E-state index contributed by atoms with van der Waals surface area (Å²) in [5, 5.41) is 2.23.